The van der Waals surface area contributed by atoms with E-state index in [1.54, 1.807) is 0 Å². The molecule has 0 bridgehead atoms. The van der Waals surface area contributed by atoms with Crippen LogP contribution in [0.3, 0.4) is 0 Å². The second-order valence-electron chi connectivity index (χ2n) is 2.58. The number of nitrogens with zero attached hydrogens (tertiary/aromatic N) is 1. The third-order valence-electron chi connectivity index (χ3n) is 1.70. The molecule has 0 amide bonds. The molecule has 1 aromatic heterocycles. The first-order chi connectivity index (χ1) is 5.34. The SMILES string of the molecule is Cc1cccc[n+]1CCCI.[I-]. The zero-order valence-corrected chi connectivity index (χ0v) is 11.4. The maximum atomic E-state index is 2.41. The van der Waals surface area contributed by atoms with E-state index < -0.39 is 0 Å². The summed E-state index contributed by atoms with van der Waals surface area (Å²) in [4.78, 5) is 0. The largest absolute Gasteiger partial charge is 1.00 e. The Morgan fingerprint density at radius 3 is 2.75 bits per heavy atom. The molecular weight excluding hydrogens is 376 g/mol. The number of aromatic nitrogens is 1. The van der Waals surface area contributed by atoms with Crippen molar-refractivity contribution >= 4 is 22.6 Å². The van der Waals surface area contributed by atoms with Crippen molar-refractivity contribution in [2.75, 3.05) is 4.43 Å². The fourth-order valence-electron chi connectivity index (χ4n) is 1.04. The van der Waals surface area contributed by atoms with Crippen molar-refractivity contribution in [2.24, 2.45) is 0 Å². The van der Waals surface area contributed by atoms with Crippen molar-refractivity contribution in [1.29, 1.82) is 0 Å². The van der Waals surface area contributed by atoms with Crippen LogP contribution in [0.25, 0.3) is 0 Å². The number of rotatable bonds is 3. The quantitative estimate of drug-likeness (QED) is 0.359. The number of alkyl halides is 1. The normalized spacial score (nSPS) is 9.17. The Morgan fingerprint density at radius 1 is 1.42 bits per heavy atom. The van der Waals surface area contributed by atoms with Gasteiger partial charge in [0.25, 0.3) is 0 Å². The molecule has 0 N–H and O–H groups in total. The van der Waals surface area contributed by atoms with Crippen LogP contribution in [0.1, 0.15) is 12.1 Å². The molecule has 0 aliphatic carbocycles. The molecule has 1 aromatic rings. The molecule has 0 aliphatic rings. The summed E-state index contributed by atoms with van der Waals surface area (Å²) in [6.07, 6.45) is 3.40. The lowest BCUT2D eigenvalue weighted by Gasteiger charge is -1.96. The van der Waals surface area contributed by atoms with Gasteiger partial charge in [-0.25, -0.2) is 4.57 Å². The third kappa shape index (κ3) is 4.02. The zero-order valence-electron chi connectivity index (χ0n) is 7.13. The van der Waals surface area contributed by atoms with E-state index in [-0.39, 0.29) is 24.0 Å². The van der Waals surface area contributed by atoms with Crippen LogP contribution in [0.15, 0.2) is 24.4 Å². The van der Waals surface area contributed by atoms with Gasteiger partial charge in [-0.05, 0) is 0 Å². The lowest BCUT2D eigenvalue weighted by Crippen LogP contribution is -3.00. The minimum Gasteiger partial charge on any atom is -1.00 e. The Hall–Kier alpha value is 0.610. The second kappa shape index (κ2) is 7.06. The standard InChI is InChI=1S/C9H13IN.HI/c1-9-5-2-3-7-11(9)8-4-6-10;/h2-3,5,7H,4,6,8H2,1H3;1H/q+1;/p-1. The summed E-state index contributed by atoms with van der Waals surface area (Å²) in [6, 6.07) is 6.31. The molecule has 0 spiro atoms. The molecule has 3 heteroatoms. The predicted molar refractivity (Wildman–Crippen MR) is 54.9 cm³/mol. The summed E-state index contributed by atoms with van der Waals surface area (Å²) in [5, 5.41) is 0. The van der Waals surface area contributed by atoms with Gasteiger partial charge < -0.3 is 24.0 Å². The lowest BCUT2D eigenvalue weighted by atomic mass is 10.3. The van der Waals surface area contributed by atoms with Crippen LogP contribution in [-0.2, 0) is 6.54 Å². The minimum atomic E-state index is 0. The molecule has 0 saturated heterocycles. The van der Waals surface area contributed by atoms with Gasteiger partial charge in [0.1, 0.15) is 6.54 Å². The molecule has 0 saturated carbocycles. The highest BCUT2D eigenvalue weighted by Crippen LogP contribution is 1.91. The van der Waals surface area contributed by atoms with Gasteiger partial charge in [0.05, 0.1) is 0 Å². The Balaban J connectivity index is 0.00000121. The van der Waals surface area contributed by atoms with Crippen LogP contribution in [0.2, 0.25) is 0 Å². The topological polar surface area (TPSA) is 3.88 Å². The van der Waals surface area contributed by atoms with E-state index in [9.17, 15) is 0 Å². The van der Waals surface area contributed by atoms with Gasteiger partial charge >= 0.3 is 0 Å². The fourth-order valence-corrected chi connectivity index (χ4v) is 1.38. The Bertz CT molecular complexity index is 226. The predicted octanol–water partition coefficient (Wildman–Crippen LogP) is -0.888. The average Bonchev–Trinajstić information content (AvgIpc) is 2.03. The van der Waals surface area contributed by atoms with Crippen LogP contribution in [0.4, 0.5) is 0 Å². The number of pyridine rings is 1. The van der Waals surface area contributed by atoms with Crippen molar-refractivity contribution in [3.8, 4) is 0 Å². The molecule has 0 radical (unpaired) electrons. The zero-order chi connectivity index (χ0) is 8.10. The molecule has 1 nitrogen and oxygen atoms in total. The molecule has 68 valence electrons. The van der Waals surface area contributed by atoms with Crippen molar-refractivity contribution in [3.63, 3.8) is 0 Å². The van der Waals surface area contributed by atoms with Crippen molar-refractivity contribution in [1.82, 2.24) is 0 Å². The number of halogens is 2. The number of aryl methyl sites for hydroxylation is 2. The van der Waals surface area contributed by atoms with Gasteiger partial charge in [-0.15, -0.1) is 0 Å². The van der Waals surface area contributed by atoms with Crippen LogP contribution in [0.5, 0.6) is 0 Å². The molecule has 12 heavy (non-hydrogen) atoms. The fraction of sp³-hybridized carbons (Fsp3) is 0.444. The summed E-state index contributed by atoms with van der Waals surface area (Å²) >= 11 is 2.41. The second-order valence-corrected chi connectivity index (χ2v) is 3.66. The highest BCUT2D eigenvalue weighted by molar-refractivity contribution is 14.1. The number of hydrogen-bond donors (Lipinski definition) is 0. The van der Waals surface area contributed by atoms with Crippen LogP contribution >= 0.6 is 22.6 Å². The van der Waals surface area contributed by atoms with E-state index in [4.69, 9.17) is 0 Å². The Morgan fingerprint density at radius 2 is 2.17 bits per heavy atom. The number of hydrogen-bond acceptors (Lipinski definition) is 0. The van der Waals surface area contributed by atoms with Crippen molar-refractivity contribution in [3.05, 3.63) is 30.1 Å². The summed E-state index contributed by atoms with van der Waals surface area (Å²) in [5.41, 5.74) is 1.34. The first-order valence-electron chi connectivity index (χ1n) is 3.85. The molecule has 1 heterocycles. The molecule has 0 fully saturated rings. The van der Waals surface area contributed by atoms with Gasteiger partial charge in [0, 0.05) is 29.9 Å². The van der Waals surface area contributed by atoms with E-state index in [1.165, 1.54) is 16.5 Å². The summed E-state index contributed by atoms with van der Waals surface area (Å²) in [7, 11) is 0. The maximum Gasteiger partial charge on any atom is 0.178 e. The summed E-state index contributed by atoms with van der Waals surface area (Å²) in [5.74, 6) is 0. The highest BCUT2D eigenvalue weighted by atomic mass is 127. The first kappa shape index (κ1) is 12.6. The average molecular weight is 389 g/mol. The molecule has 0 atom stereocenters. The minimum absolute atomic E-state index is 0. The molecule has 1 rings (SSSR count). The molecule has 0 unspecified atom stereocenters. The lowest BCUT2D eigenvalue weighted by molar-refractivity contribution is -0.702. The summed E-state index contributed by atoms with van der Waals surface area (Å²) < 4.78 is 3.53. The Labute approximate surface area is 105 Å². The van der Waals surface area contributed by atoms with Gasteiger partial charge in [-0.1, -0.05) is 28.7 Å². The van der Waals surface area contributed by atoms with E-state index in [2.05, 4.69) is 58.5 Å². The highest BCUT2D eigenvalue weighted by Gasteiger charge is 2.01. The Kier molecular flexibility index (Phi) is 7.41. The van der Waals surface area contributed by atoms with E-state index in [0.29, 0.717) is 0 Å². The van der Waals surface area contributed by atoms with E-state index in [0.717, 1.165) is 6.54 Å². The van der Waals surface area contributed by atoms with Gasteiger partial charge in [-0.2, -0.15) is 0 Å². The van der Waals surface area contributed by atoms with E-state index >= 15 is 0 Å². The van der Waals surface area contributed by atoms with E-state index in [1.807, 2.05) is 0 Å². The van der Waals surface area contributed by atoms with Crippen LogP contribution < -0.4 is 28.5 Å². The summed E-state index contributed by atoms with van der Waals surface area (Å²) in [6.45, 7) is 3.29. The van der Waals surface area contributed by atoms with Gasteiger partial charge in [0.2, 0.25) is 0 Å². The first-order valence-corrected chi connectivity index (χ1v) is 5.38. The third-order valence-corrected chi connectivity index (χ3v) is 2.46. The van der Waals surface area contributed by atoms with Gasteiger partial charge in [0.15, 0.2) is 11.9 Å². The smallest absolute Gasteiger partial charge is 0.178 e. The van der Waals surface area contributed by atoms with Crippen molar-refractivity contribution in [2.45, 2.75) is 19.9 Å². The monoisotopic (exact) mass is 389 g/mol. The van der Waals surface area contributed by atoms with Gasteiger partial charge in [-0.3, -0.25) is 0 Å². The molecule has 0 aliphatic heterocycles. The van der Waals surface area contributed by atoms with Crippen LogP contribution in [0, 0.1) is 6.92 Å². The maximum absolute atomic E-state index is 2.41. The molecule has 0 aromatic carbocycles. The van der Waals surface area contributed by atoms with Crippen LogP contribution in [-0.4, -0.2) is 4.43 Å². The van der Waals surface area contributed by atoms with Crippen molar-refractivity contribution < 1.29 is 28.5 Å². The molecular formula is C9H13I2N.